The van der Waals surface area contributed by atoms with Gasteiger partial charge in [-0.15, -0.1) is 0 Å². The predicted octanol–water partition coefficient (Wildman–Crippen LogP) is 1.44. The SMILES string of the molecule is Cc1cc(C(=O)NNC(=O)COc2ccccc2O)c(C)o1. The third kappa shape index (κ3) is 3.78. The molecule has 0 radical (unpaired) electrons. The van der Waals surface area contributed by atoms with Crippen LogP contribution in [0.1, 0.15) is 21.9 Å². The number of ether oxygens (including phenoxy) is 1. The van der Waals surface area contributed by atoms with Gasteiger partial charge in [0.2, 0.25) is 0 Å². The molecule has 7 nitrogen and oxygen atoms in total. The van der Waals surface area contributed by atoms with E-state index in [1.54, 1.807) is 32.0 Å². The number of rotatable bonds is 4. The molecule has 0 aliphatic carbocycles. The van der Waals surface area contributed by atoms with Gasteiger partial charge in [0.25, 0.3) is 11.8 Å². The maximum Gasteiger partial charge on any atom is 0.276 e. The Bertz CT molecular complexity index is 693. The summed E-state index contributed by atoms with van der Waals surface area (Å²) < 4.78 is 10.4. The highest BCUT2D eigenvalue weighted by Gasteiger charge is 2.14. The Hall–Kier alpha value is -2.96. The number of benzene rings is 1. The lowest BCUT2D eigenvalue weighted by Crippen LogP contribution is -2.43. The van der Waals surface area contributed by atoms with Crippen molar-refractivity contribution in [2.24, 2.45) is 0 Å². The normalized spacial score (nSPS) is 10.1. The van der Waals surface area contributed by atoms with Crippen molar-refractivity contribution in [1.82, 2.24) is 10.9 Å². The number of aromatic hydroxyl groups is 1. The number of hydrogen-bond acceptors (Lipinski definition) is 5. The smallest absolute Gasteiger partial charge is 0.276 e. The molecule has 22 heavy (non-hydrogen) atoms. The summed E-state index contributed by atoms with van der Waals surface area (Å²) in [6.45, 7) is 3.04. The highest BCUT2D eigenvalue weighted by Crippen LogP contribution is 2.23. The van der Waals surface area contributed by atoms with E-state index in [1.165, 1.54) is 12.1 Å². The number of phenols is 1. The number of amides is 2. The zero-order valence-electron chi connectivity index (χ0n) is 12.2. The predicted molar refractivity (Wildman–Crippen MR) is 77.4 cm³/mol. The first kappa shape index (κ1) is 15.4. The van der Waals surface area contributed by atoms with Crippen molar-refractivity contribution in [2.75, 3.05) is 6.61 Å². The summed E-state index contributed by atoms with van der Waals surface area (Å²) in [6.07, 6.45) is 0. The summed E-state index contributed by atoms with van der Waals surface area (Å²) in [6, 6.07) is 7.85. The fourth-order valence-corrected chi connectivity index (χ4v) is 1.81. The van der Waals surface area contributed by atoms with Crippen molar-refractivity contribution in [3.8, 4) is 11.5 Å². The maximum absolute atomic E-state index is 11.8. The molecule has 0 atom stereocenters. The van der Waals surface area contributed by atoms with Gasteiger partial charge in [-0.1, -0.05) is 12.1 Å². The van der Waals surface area contributed by atoms with Crippen LogP contribution in [-0.4, -0.2) is 23.5 Å². The topological polar surface area (TPSA) is 101 Å². The second kappa shape index (κ2) is 6.66. The number of nitrogens with one attached hydrogen (secondary N) is 2. The monoisotopic (exact) mass is 304 g/mol. The van der Waals surface area contributed by atoms with Crippen molar-refractivity contribution in [1.29, 1.82) is 0 Å². The molecule has 3 N–H and O–H groups in total. The summed E-state index contributed by atoms with van der Waals surface area (Å²) in [7, 11) is 0. The van der Waals surface area contributed by atoms with E-state index in [0.717, 1.165) is 0 Å². The number of phenolic OH excluding ortho intramolecular Hbond substituents is 1. The average molecular weight is 304 g/mol. The minimum Gasteiger partial charge on any atom is -0.504 e. The van der Waals surface area contributed by atoms with Gasteiger partial charge in [0.05, 0.1) is 5.56 Å². The summed E-state index contributed by atoms with van der Waals surface area (Å²) in [5, 5.41) is 9.49. The largest absolute Gasteiger partial charge is 0.504 e. The van der Waals surface area contributed by atoms with Gasteiger partial charge in [-0.2, -0.15) is 0 Å². The van der Waals surface area contributed by atoms with Gasteiger partial charge in [0.1, 0.15) is 11.5 Å². The van der Waals surface area contributed by atoms with Crippen LogP contribution in [0.2, 0.25) is 0 Å². The van der Waals surface area contributed by atoms with Crippen LogP contribution in [0.15, 0.2) is 34.7 Å². The molecular weight excluding hydrogens is 288 g/mol. The zero-order chi connectivity index (χ0) is 16.1. The molecule has 2 rings (SSSR count). The Kier molecular flexibility index (Phi) is 4.67. The number of aryl methyl sites for hydroxylation is 2. The molecule has 116 valence electrons. The maximum atomic E-state index is 11.8. The lowest BCUT2D eigenvalue weighted by Gasteiger charge is -2.09. The van der Waals surface area contributed by atoms with E-state index < -0.39 is 11.8 Å². The number of carbonyl (C=O) groups excluding carboxylic acids is 2. The Balaban J connectivity index is 1.82. The highest BCUT2D eigenvalue weighted by molar-refractivity contribution is 5.96. The first-order valence-corrected chi connectivity index (χ1v) is 6.54. The first-order valence-electron chi connectivity index (χ1n) is 6.54. The molecule has 2 aromatic rings. The van der Waals surface area contributed by atoms with E-state index >= 15 is 0 Å². The van der Waals surface area contributed by atoms with Crippen molar-refractivity contribution in [3.63, 3.8) is 0 Å². The van der Waals surface area contributed by atoms with Crippen LogP contribution in [0.5, 0.6) is 11.5 Å². The van der Waals surface area contributed by atoms with E-state index in [0.29, 0.717) is 17.1 Å². The van der Waals surface area contributed by atoms with Crippen LogP contribution in [0, 0.1) is 13.8 Å². The lowest BCUT2D eigenvalue weighted by molar-refractivity contribution is -0.123. The van der Waals surface area contributed by atoms with E-state index in [9.17, 15) is 14.7 Å². The zero-order valence-corrected chi connectivity index (χ0v) is 12.2. The number of carbonyl (C=O) groups is 2. The van der Waals surface area contributed by atoms with Crippen molar-refractivity contribution in [2.45, 2.75) is 13.8 Å². The van der Waals surface area contributed by atoms with Crippen molar-refractivity contribution in [3.05, 3.63) is 47.4 Å². The highest BCUT2D eigenvalue weighted by atomic mass is 16.5. The molecule has 0 saturated heterocycles. The van der Waals surface area contributed by atoms with Crippen LogP contribution in [-0.2, 0) is 4.79 Å². The van der Waals surface area contributed by atoms with E-state index in [4.69, 9.17) is 9.15 Å². The van der Waals surface area contributed by atoms with E-state index in [-0.39, 0.29) is 18.1 Å². The number of para-hydroxylation sites is 2. The van der Waals surface area contributed by atoms with Crippen LogP contribution in [0.25, 0.3) is 0 Å². The summed E-state index contributed by atoms with van der Waals surface area (Å²) in [5.74, 6) is 0.153. The van der Waals surface area contributed by atoms with Gasteiger partial charge in [-0.25, -0.2) is 0 Å². The van der Waals surface area contributed by atoms with Gasteiger partial charge < -0.3 is 14.3 Å². The first-order chi connectivity index (χ1) is 10.5. The molecule has 0 spiro atoms. The van der Waals surface area contributed by atoms with Gasteiger partial charge in [0, 0.05) is 0 Å². The lowest BCUT2D eigenvalue weighted by atomic mass is 10.2. The molecule has 7 heteroatoms. The van der Waals surface area contributed by atoms with Crippen LogP contribution >= 0.6 is 0 Å². The molecule has 1 heterocycles. The van der Waals surface area contributed by atoms with Crippen molar-refractivity contribution >= 4 is 11.8 Å². The van der Waals surface area contributed by atoms with Gasteiger partial charge in [0.15, 0.2) is 18.1 Å². The second-order valence-corrected chi connectivity index (χ2v) is 4.59. The average Bonchev–Trinajstić information content (AvgIpc) is 2.82. The Labute approximate surface area is 126 Å². The van der Waals surface area contributed by atoms with E-state index in [2.05, 4.69) is 10.9 Å². The minimum atomic E-state index is -0.561. The summed E-state index contributed by atoms with van der Waals surface area (Å²) in [4.78, 5) is 23.4. The number of hydrogen-bond donors (Lipinski definition) is 3. The molecule has 0 unspecified atom stereocenters. The van der Waals surface area contributed by atoms with E-state index in [1.807, 2.05) is 0 Å². The molecule has 0 aliphatic heterocycles. The minimum absolute atomic E-state index is 0.0659. The van der Waals surface area contributed by atoms with Gasteiger partial charge >= 0.3 is 0 Å². The summed E-state index contributed by atoms with van der Waals surface area (Å²) in [5.41, 5.74) is 4.83. The molecular formula is C15H16N2O5. The van der Waals surface area contributed by atoms with Crippen LogP contribution in [0.3, 0.4) is 0 Å². The standard InChI is InChI=1S/C15H16N2O5/c1-9-7-11(10(2)22-9)15(20)17-16-14(19)8-21-13-6-4-3-5-12(13)18/h3-7,18H,8H2,1-2H3,(H,16,19)(H,17,20). The van der Waals surface area contributed by atoms with Gasteiger partial charge in [-0.05, 0) is 32.0 Å². The molecule has 0 fully saturated rings. The Morgan fingerprint density at radius 1 is 1.23 bits per heavy atom. The number of hydrazine groups is 1. The second-order valence-electron chi connectivity index (χ2n) is 4.59. The van der Waals surface area contributed by atoms with Crippen LogP contribution in [0.4, 0.5) is 0 Å². The quantitative estimate of drug-likeness (QED) is 0.742. The summed E-state index contributed by atoms with van der Waals surface area (Å²) >= 11 is 0. The number of furan rings is 1. The van der Waals surface area contributed by atoms with Gasteiger partial charge in [-0.3, -0.25) is 20.4 Å². The van der Waals surface area contributed by atoms with Crippen molar-refractivity contribution < 1.29 is 23.8 Å². The third-order valence-corrected chi connectivity index (χ3v) is 2.83. The molecule has 2 amide bonds. The molecule has 1 aromatic carbocycles. The molecule has 1 aromatic heterocycles. The fraction of sp³-hybridized carbons (Fsp3) is 0.200. The molecule has 0 bridgehead atoms. The van der Waals surface area contributed by atoms with Crippen LogP contribution < -0.4 is 15.6 Å². The molecule has 0 saturated carbocycles. The third-order valence-electron chi connectivity index (χ3n) is 2.83. The molecule has 0 aliphatic rings. The Morgan fingerprint density at radius 2 is 1.95 bits per heavy atom. The Morgan fingerprint density at radius 3 is 2.59 bits per heavy atom. The fourth-order valence-electron chi connectivity index (χ4n) is 1.81.